The number of rotatable bonds is 6. The largest absolute Gasteiger partial charge is 0.511 e. The third-order valence-electron chi connectivity index (χ3n) is 6.70. The predicted octanol–water partition coefficient (Wildman–Crippen LogP) is 2.75. The van der Waals surface area contributed by atoms with E-state index in [-0.39, 0.29) is 33.3 Å². The van der Waals surface area contributed by atoms with Gasteiger partial charge < -0.3 is 15.3 Å². The maximum absolute atomic E-state index is 14.5. The van der Waals surface area contributed by atoms with Crippen LogP contribution < -0.4 is 10.0 Å². The summed E-state index contributed by atoms with van der Waals surface area (Å²) >= 11 is 0.941. The number of hydrogen-bond donors (Lipinski definition) is 3. The van der Waals surface area contributed by atoms with Crippen LogP contribution in [0.4, 0.5) is 18.2 Å². The topological polar surface area (TPSA) is 145 Å². The molecule has 5 rings (SSSR count). The van der Waals surface area contributed by atoms with E-state index in [1.165, 1.54) is 10.3 Å². The Balaban J connectivity index is 1.52. The number of thiophene rings is 1. The fraction of sp³-hybridized carbons (Fsp3) is 0.364. The number of fused-ring (bicyclic) bond motifs is 2. The highest BCUT2D eigenvalue weighted by Gasteiger charge is 2.47. The molecular formula is C22H21F3N4O6S3. The lowest BCUT2D eigenvalue weighted by atomic mass is 9.89. The molecule has 0 radical (unpaired) electrons. The minimum absolute atomic E-state index is 0.0696. The molecule has 16 heteroatoms. The molecule has 2 unspecified atom stereocenters. The number of carbonyl (C=O) groups is 1. The van der Waals surface area contributed by atoms with Crippen LogP contribution in [0.3, 0.4) is 0 Å². The van der Waals surface area contributed by atoms with E-state index in [1.54, 1.807) is 0 Å². The zero-order valence-corrected chi connectivity index (χ0v) is 22.1. The van der Waals surface area contributed by atoms with Crippen LogP contribution in [-0.4, -0.2) is 50.9 Å². The molecule has 10 nitrogen and oxygen atoms in total. The molecule has 0 spiro atoms. The van der Waals surface area contributed by atoms with Crippen LogP contribution in [-0.2, 0) is 37.9 Å². The molecule has 2 atom stereocenters. The standard InChI is InChI=1S/C22H21F3N4O6S3/c1-37(32,33)26-7-11-9-36-21-19(11)38(34,35)28-20(27-21)15-18(30)12-3-2-4-14(12)29(22(15)31)8-10-5-6-13(23)17(25)16(10)24/h5-6,9,12,14,26,30H,2-4,7-8H2,1H3,(H,27,28). The van der Waals surface area contributed by atoms with Crippen LogP contribution in [0.15, 0.2) is 38.1 Å². The maximum Gasteiger partial charge on any atom is 0.287 e. The van der Waals surface area contributed by atoms with E-state index in [0.717, 1.165) is 29.7 Å². The lowest BCUT2D eigenvalue weighted by Crippen LogP contribution is -2.49. The van der Waals surface area contributed by atoms with Crippen LogP contribution in [0.1, 0.15) is 30.4 Å². The van der Waals surface area contributed by atoms with E-state index in [0.29, 0.717) is 19.3 Å². The van der Waals surface area contributed by atoms with Gasteiger partial charge in [-0.2, -0.15) is 8.42 Å². The number of aliphatic hydroxyl groups is 1. The van der Waals surface area contributed by atoms with Gasteiger partial charge in [0.2, 0.25) is 10.0 Å². The van der Waals surface area contributed by atoms with Gasteiger partial charge in [0.25, 0.3) is 15.9 Å². The highest BCUT2D eigenvalue weighted by atomic mass is 32.2. The predicted molar refractivity (Wildman–Crippen MR) is 132 cm³/mol. The molecule has 1 aliphatic carbocycles. The lowest BCUT2D eigenvalue weighted by molar-refractivity contribution is -0.132. The molecule has 1 aromatic carbocycles. The summed E-state index contributed by atoms with van der Waals surface area (Å²) in [6.45, 7) is -0.744. The molecule has 1 aromatic heterocycles. The summed E-state index contributed by atoms with van der Waals surface area (Å²) < 4.78 is 96.8. The molecule has 1 fully saturated rings. The number of anilines is 1. The number of aliphatic hydroxyl groups excluding tert-OH is 1. The highest BCUT2D eigenvalue weighted by Crippen LogP contribution is 2.43. The first-order valence-corrected chi connectivity index (χ1v) is 15.5. The van der Waals surface area contributed by atoms with Gasteiger partial charge in [0, 0.05) is 36.2 Å². The first-order valence-electron chi connectivity index (χ1n) is 11.3. The number of hydrogen-bond acceptors (Lipinski definition) is 8. The van der Waals surface area contributed by atoms with E-state index in [9.17, 15) is 39.9 Å². The van der Waals surface area contributed by atoms with E-state index >= 15 is 0 Å². The second-order valence-corrected chi connectivity index (χ2v) is 13.4. The van der Waals surface area contributed by atoms with Crippen LogP contribution in [0, 0.1) is 23.4 Å². The molecule has 3 heterocycles. The number of halogens is 3. The highest BCUT2D eigenvalue weighted by molar-refractivity contribution is 7.91. The van der Waals surface area contributed by atoms with Gasteiger partial charge in [0.05, 0.1) is 6.26 Å². The number of amidine groups is 1. The molecule has 1 amide bonds. The second-order valence-electron chi connectivity index (χ2n) is 9.18. The number of nitrogens with one attached hydrogen (secondary N) is 2. The van der Waals surface area contributed by atoms with E-state index in [2.05, 4.69) is 14.4 Å². The SMILES string of the molecule is CS(=O)(=O)NCc1csc2c1S(=O)(=O)N=C(C1=C(O)C3CCCC3N(Cc3ccc(F)c(F)c3F)C1=O)N2. The Morgan fingerprint density at radius 2 is 1.95 bits per heavy atom. The Hall–Kier alpha value is -2.95. The van der Waals surface area contributed by atoms with Crippen LogP contribution in [0.25, 0.3) is 0 Å². The normalized spacial score (nSPS) is 22.7. The van der Waals surface area contributed by atoms with Crippen molar-refractivity contribution in [1.29, 1.82) is 0 Å². The molecule has 2 aliphatic heterocycles. The summed E-state index contributed by atoms with van der Waals surface area (Å²) in [6.07, 6.45) is 2.45. The number of benzene rings is 1. The van der Waals surface area contributed by atoms with Crippen LogP contribution in [0.2, 0.25) is 0 Å². The van der Waals surface area contributed by atoms with Crippen molar-refractivity contribution < 1.29 is 39.9 Å². The number of carbonyl (C=O) groups excluding carboxylic acids is 1. The zero-order valence-electron chi connectivity index (χ0n) is 19.7. The quantitative estimate of drug-likeness (QED) is 0.439. The van der Waals surface area contributed by atoms with Gasteiger partial charge >= 0.3 is 0 Å². The molecule has 3 aliphatic rings. The van der Waals surface area contributed by atoms with Crippen molar-refractivity contribution in [3.8, 4) is 0 Å². The lowest BCUT2D eigenvalue weighted by Gasteiger charge is -2.38. The second kappa shape index (κ2) is 9.36. The van der Waals surface area contributed by atoms with Crippen molar-refractivity contribution in [2.75, 3.05) is 11.6 Å². The average Bonchev–Trinajstić information content (AvgIpc) is 3.47. The Morgan fingerprint density at radius 3 is 2.66 bits per heavy atom. The summed E-state index contributed by atoms with van der Waals surface area (Å²) in [6, 6.07) is 1.20. The Morgan fingerprint density at radius 1 is 1.21 bits per heavy atom. The third-order valence-corrected chi connectivity index (χ3v) is 9.84. The van der Waals surface area contributed by atoms with E-state index < -0.39 is 73.3 Å². The van der Waals surface area contributed by atoms with Crippen LogP contribution >= 0.6 is 11.3 Å². The third kappa shape index (κ3) is 4.58. The molecule has 1 saturated carbocycles. The van der Waals surface area contributed by atoms with Crippen LogP contribution in [0.5, 0.6) is 0 Å². The average molecular weight is 591 g/mol. The van der Waals surface area contributed by atoms with Crippen molar-refractivity contribution in [1.82, 2.24) is 9.62 Å². The first kappa shape index (κ1) is 26.6. The van der Waals surface area contributed by atoms with Gasteiger partial charge in [-0.15, -0.1) is 15.7 Å². The summed E-state index contributed by atoms with van der Waals surface area (Å²) in [5.41, 5.74) is -0.557. The fourth-order valence-corrected chi connectivity index (χ4v) is 8.02. The molecule has 3 N–H and O–H groups in total. The van der Waals surface area contributed by atoms with Gasteiger partial charge in [-0.1, -0.05) is 12.5 Å². The van der Waals surface area contributed by atoms with Crippen molar-refractivity contribution in [3.05, 3.63) is 57.4 Å². The van der Waals surface area contributed by atoms with Crippen molar-refractivity contribution in [2.45, 2.75) is 43.3 Å². The van der Waals surface area contributed by atoms with Gasteiger partial charge in [-0.05, 0) is 24.3 Å². The van der Waals surface area contributed by atoms with Gasteiger partial charge in [-0.25, -0.2) is 26.3 Å². The smallest absolute Gasteiger partial charge is 0.287 e. The fourth-order valence-electron chi connectivity index (χ4n) is 4.99. The minimum atomic E-state index is -4.42. The summed E-state index contributed by atoms with van der Waals surface area (Å²) in [5, 5.41) is 15.3. The Kier molecular flexibility index (Phi) is 6.56. The number of nitrogens with zero attached hydrogens (tertiary/aromatic N) is 2. The zero-order chi connectivity index (χ0) is 27.6. The molecule has 0 saturated heterocycles. The first-order chi connectivity index (χ1) is 17.8. The summed E-state index contributed by atoms with van der Waals surface area (Å²) in [5.74, 6) is -6.74. The molecule has 0 bridgehead atoms. The number of amides is 1. The molecule has 2 aromatic rings. The Bertz CT molecular complexity index is 1640. The van der Waals surface area contributed by atoms with Crippen molar-refractivity contribution >= 4 is 48.1 Å². The van der Waals surface area contributed by atoms with E-state index in [1.807, 2.05) is 0 Å². The molecular weight excluding hydrogens is 569 g/mol. The van der Waals surface area contributed by atoms with Gasteiger partial charge in [0.15, 0.2) is 23.3 Å². The molecule has 204 valence electrons. The van der Waals surface area contributed by atoms with Gasteiger partial charge in [0.1, 0.15) is 21.2 Å². The minimum Gasteiger partial charge on any atom is -0.511 e. The van der Waals surface area contributed by atoms with Gasteiger partial charge in [-0.3, -0.25) is 4.79 Å². The van der Waals surface area contributed by atoms with E-state index in [4.69, 9.17) is 0 Å². The summed E-state index contributed by atoms with van der Waals surface area (Å²) in [7, 11) is -8.04. The monoisotopic (exact) mass is 590 g/mol. The summed E-state index contributed by atoms with van der Waals surface area (Å²) in [4.78, 5) is 14.6. The molecule has 38 heavy (non-hydrogen) atoms. The Labute approximate surface area is 220 Å². The van der Waals surface area contributed by atoms with Crippen molar-refractivity contribution in [3.63, 3.8) is 0 Å². The maximum atomic E-state index is 14.5. The van der Waals surface area contributed by atoms with Crippen molar-refractivity contribution in [2.24, 2.45) is 10.3 Å². The number of sulfonamides is 2.